The van der Waals surface area contributed by atoms with E-state index in [4.69, 9.17) is 4.74 Å². The average Bonchev–Trinajstić information content (AvgIpc) is 2.87. The zero-order chi connectivity index (χ0) is 14.8. The molecule has 3 heteroatoms. The molecule has 2 atom stereocenters. The second-order valence-corrected chi connectivity index (χ2v) is 5.74. The zero-order valence-corrected chi connectivity index (χ0v) is 12.4. The quantitative estimate of drug-likeness (QED) is 0.923. The maximum atomic E-state index is 12.9. The average molecular weight is 285 g/mol. The van der Waals surface area contributed by atoms with Crippen LogP contribution in [-0.4, -0.2) is 12.6 Å². The second kappa shape index (κ2) is 5.86. The molecule has 1 N–H and O–H groups in total. The van der Waals surface area contributed by atoms with Crippen molar-refractivity contribution in [2.24, 2.45) is 0 Å². The minimum atomic E-state index is -0.198. The van der Waals surface area contributed by atoms with Gasteiger partial charge in [-0.3, -0.25) is 0 Å². The molecule has 1 aliphatic heterocycles. The maximum absolute atomic E-state index is 12.9. The summed E-state index contributed by atoms with van der Waals surface area (Å²) in [5.74, 6) is 0.803. The highest BCUT2D eigenvalue weighted by atomic mass is 19.1. The predicted octanol–water partition coefficient (Wildman–Crippen LogP) is 3.79. The second-order valence-electron chi connectivity index (χ2n) is 5.74. The van der Waals surface area contributed by atoms with Gasteiger partial charge < -0.3 is 10.1 Å². The third-order valence-electron chi connectivity index (χ3n) is 3.98. The third-order valence-corrected chi connectivity index (χ3v) is 3.98. The summed E-state index contributed by atoms with van der Waals surface area (Å²) in [4.78, 5) is 0. The Labute approximate surface area is 125 Å². The molecule has 0 radical (unpaired) electrons. The first-order valence-electron chi connectivity index (χ1n) is 7.37. The Morgan fingerprint density at radius 3 is 2.76 bits per heavy atom. The van der Waals surface area contributed by atoms with Crippen molar-refractivity contribution >= 4 is 0 Å². The summed E-state index contributed by atoms with van der Waals surface area (Å²) < 4.78 is 18.9. The van der Waals surface area contributed by atoms with Crippen molar-refractivity contribution < 1.29 is 9.13 Å². The fraction of sp³-hybridized carbons (Fsp3) is 0.333. The Morgan fingerprint density at radius 1 is 1.24 bits per heavy atom. The van der Waals surface area contributed by atoms with Crippen LogP contribution in [0.5, 0.6) is 5.75 Å². The molecule has 110 valence electrons. The number of benzene rings is 2. The van der Waals surface area contributed by atoms with E-state index in [-0.39, 0.29) is 18.0 Å². The van der Waals surface area contributed by atoms with Crippen LogP contribution in [0.15, 0.2) is 42.5 Å². The number of aryl methyl sites for hydroxylation is 1. The van der Waals surface area contributed by atoms with E-state index in [1.54, 1.807) is 0 Å². The highest BCUT2D eigenvalue weighted by Crippen LogP contribution is 2.29. The van der Waals surface area contributed by atoms with Crippen molar-refractivity contribution in [1.82, 2.24) is 5.32 Å². The smallest absolute Gasteiger partial charge is 0.123 e. The van der Waals surface area contributed by atoms with E-state index in [9.17, 15) is 4.39 Å². The molecule has 2 aromatic rings. The van der Waals surface area contributed by atoms with Gasteiger partial charge in [0, 0.05) is 19.0 Å². The van der Waals surface area contributed by atoms with Crippen LogP contribution in [0, 0.1) is 12.7 Å². The van der Waals surface area contributed by atoms with Gasteiger partial charge in [0.25, 0.3) is 0 Å². The van der Waals surface area contributed by atoms with Crippen molar-refractivity contribution in [2.45, 2.75) is 32.4 Å². The Bertz CT molecular complexity index is 624. The fourth-order valence-corrected chi connectivity index (χ4v) is 2.74. The lowest BCUT2D eigenvalue weighted by Crippen LogP contribution is -2.31. The van der Waals surface area contributed by atoms with Gasteiger partial charge in [0.05, 0.1) is 0 Å². The molecule has 0 amide bonds. The first kappa shape index (κ1) is 14.1. The van der Waals surface area contributed by atoms with Crippen LogP contribution in [0.4, 0.5) is 4.39 Å². The number of hydrogen-bond acceptors (Lipinski definition) is 2. The monoisotopic (exact) mass is 285 g/mol. The number of rotatable bonds is 4. The van der Waals surface area contributed by atoms with E-state index in [0.717, 1.165) is 24.3 Å². The molecule has 1 unspecified atom stereocenters. The van der Waals surface area contributed by atoms with Crippen LogP contribution in [0.1, 0.15) is 29.7 Å². The van der Waals surface area contributed by atoms with Gasteiger partial charge in [-0.25, -0.2) is 4.39 Å². The first-order valence-corrected chi connectivity index (χ1v) is 7.37. The Morgan fingerprint density at radius 2 is 2.00 bits per heavy atom. The standard InChI is InChI=1S/C18H20FNO/c1-12-3-8-18-15(9-12)10-17(21-18)11-20-13(2)14-4-6-16(19)7-5-14/h3-9,13,17,20H,10-11H2,1-2H3/t13-,17?/m1/s1. The number of nitrogens with one attached hydrogen (secondary N) is 1. The summed E-state index contributed by atoms with van der Waals surface area (Å²) in [6, 6.07) is 13.1. The molecule has 0 fully saturated rings. The van der Waals surface area contributed by atoms with Crippen molar-refractivity contribution in [3.63, 3.8) is 0 Å². The molecule has 3 rings (SSSR count). The summed E-state index contributed by atoms with van der Waals surface area (Å²) in [5.41, 5.74) is 3.64. The van der Waals surface area contributed by atoms with Crippen LogP contribution in [0.3, 0.4) is 0 Å². The van der Waals surface area contributed by atoms with Gasteiger partial charge >= 0.3 is 0 Å². The van der Waals surface area contributed by atoms with E-state index >= 15 is 0 Å². The zero-order valence-electron chi connectivity index (χ0n) is 12.4. The SMILES string of the molecule is Cc1ccc2c(c1)CC(CN[C@H](C)c1ccc(F)cc1)O2. The molecule has 2 aromatic carbocycles. The predicted molar refractivity (Wildman–Crippen MR) is 82.1 cm³/mol. The fourth-order valence-electron chi connectivity index (χ4n) is 2.74. The molecule has 1 aliphatic rings. The third kappa shape index (κ3) is 3.24. The maximum Gasteiger partial charge on any atom is 0.123 e. The van der Waals surface area contributed by atoms with Crippen molar-refractivity contribution in [2.75, 3.05) is 6.54 Å². The highest BCUT2D eigenvalue weighted by molar-refractivity contribution is 5.40. The van der Waals surface area contributed by atoms with E-state index in [1.165, 1.54) is 23.3 Å². The number of halogens is 1. The number of hydrogen-bond donors (Lipinski definition) is 1. The molecular formula is C18H20FNO. The highest BCUT2D eigenvalue weighted by Gasteiger charge is 2.23. The van der Waals surface area contributed by atoms with Crippen molar-refractivity contribution in [3.8, 4) is 5.75 Å². The summed E-state index contributed by atoms with van der Waals surface area (Å²) in [6.07, 6.45) is 1.12. The van der Waals surface area contributed by atoms with E-state index in [1.807, 2.05) is 18.2 Å². The van der Waals surface area contributed by atoms with Gasteiger partial charge in [-0.2, -0.15) is 0 Å². The Kier molecular flexibility index (Phi) is 3.93. The van der Waals surface area contributed by atoms with E-state index in [0.29, 0.717) is 0 Å². The van der Waals surface area contributed by atoms with Crippen LogP contribution in [0.2, 0.25) is 0 Å². The van der Waals surface area contributed by atoms with Crippen LogP contribution in [0.25, 0.3) is 0 Å². The molecule has 0 aromatic heterocycles. The van der Waals surface area contributed by atoms with E-state index < -0.39 is 0 Å². The lowest BCUT2D eigenvalue weighted by atomic mass is 10.1. The van der Waals surface area contributed by atoms with Gasteiger partial charge in [-0.05, 0) is 43.2 Å². The molecular weight excluding hydrogens is 265 g/mol. The molecule has 0 saturated heterocycles. The molecule has 1 heterocycles. The summed E-state index contributed by atoms with van der Waals surface area (Å²) in [6.45, 7) is 4.97. The van der Waals surface area contributed by atoms with Crippen molar-refractivity contribution in [3.05, 3.63) is 65.0 Å². The normalized spacial score (nSPS) is 18.1. The minimum absolute atomic E-state index is 0.171. The lowest BCUT2D eigenvalue weighted by Gasteiger charge is -2.17. The Hall–Kier alpha value is -1.87. The lowest BCUT2D eigenvalue weighted by molar-refractivity contribution is 0.222. The van der Waals surface area contributed by atoms with Gasteiger partial charge in [-0.1, -0.05) is 29.8 Å². The van der Waals surface area contributed by atoms with Gasteiger partial charge in [0.1, 0.15) is 17.7 Å². The van der Waals surface area contributed by atoms with Gasteiger partial charge in [0.2, 0.25) is 0 Å². The molecule has 0 bridgehead atoms. The molecule has 0 spiro atoms. The minimum Gasteiger partial charge on any atom is -0.488 e. The van der Waals surface area contributed by atoms with Crippen molar-refractivity contribution in [1.29, 1.82) is 0 Å². The molecule has 2 nitrogen and oxygen atoms in total. The molecule has 21 heavy (non-hydrogen) atoms. The Balaban J connectivity index is 1.56. The van der Waals surface area contributed by atoms with Gasteiger partial charge in [-0.15, -0.1) is 0 Å². The first-order chi connectivity index (χ1) is 10.1. The molecule has 0 aliphatic carbocycles. The van der Waals surface area contributed by atoms with Crippen LogP contribution in [-0.2, 0) is 6.42 Å². The topological polar surface area (TPSA) is 21.3 Å². The summed E-state index contributed by atoms with van der Waals surface area (Å²) in [7, 11) is 0. The van der Waals surface area contributed by atoms with Gasteiger partial charge in [0.15, 0.2) is 0 Å². The number of ether oxygens (including phenoxy) is 1. The summed E-state index contributed by atoms with van der Waals surface area (Å²) >= 11 is 0. The number of fused-ring (bicyclic) bond motifs is 1. The van der Waals surface area contributed by atoms with Crippen LogP contribution < -0.4 is 10.1 Å². The largest absolute Gasteiger partial charge is 0.488 e. The van der Waals surface area contributed by atoms with E-state index in [2.05, 4.69) is 31.3 Å². The summed E-state index contributed by atoms with van der Waals surface area (Å²) in [5, 5.41) is 3.46. The molecule has 0 saturated carbocycles. The van der Waals surface area contributed by atoms with Crippen LogP contribution >= 0.6 is 0 Å².